The van der Waals surface area contributed by atoms with Crippen LogP contribution in [0.3, 0.4) is 0 Å². The molecule has 7 nitrogen and oxygen atoms in total. The molecule has 21 heavy (non-hydrogen) atoms. The molecule has 3 heterocycles. The van der Waals surface area contributed by atoms with Gasteiger partial charge in [0.05, 0.1) is 11.9 Å². The Bertz CT molecular complexity index is 701. The zero-order valence-electron chi connectivity index (χ0n) is 11.7. The molecule has 0 radical (unpaired) electrons. The SMILES string of the molecule is CC(=O)N1CCC(c2cn3cc(C(=O)O)nc3cn2)CC1. The van der Waals surface area contributed by atoms with Crippen LogP contribution in [-0.4, -0.2) is 49.3 Å². The topological polar surface area (TPSA) is 87.8 Å². The van der Waals surface area contributed by atoms with E-state index in [0.717, 1.165) is 31.6 Å². The number of carbonyl (C=O) groups is 2. The summed E-state index contributed by atoms with van der Waals surface area (Å²) in [4.78, 5) is 32.5. The van der Waals surface area contributed by atoms with Crippen molar-refractivity contribution in [1.82, 2.24) is 19.3 Å². The van der Waals surface area contributed by atoms with E-state index in [1.807, 2.05) is 11.1 Å². The number of fused-ring (bicyclic) bond motifs is 1. The summed E-state index contributed by atoms with van der Waals surface area (Å²) < 4.78 is 1.70. The molecule has 1 aliphatic heterocycles. The van der Waals surface area contributed by atoms with Gasteiger partial charge in [0.2, 0.25) is 5.91 Å². The quantitative estimate of drug-likeness (QED) is 0.895. The zero-order chi connectivity index (χ0) is 15.0. The van der Waals surface area contributed by atoms with Crippen molar-refractivity contribution < 1.29 is 14.7 Å². The summed E-state index contributed by atoms with van der Waals surface area (Å²) in [5.74, 6) is -0.645. The van der Waals surface area contributed by atoms with Crippen molar-refractivity contribution in [3.05, 3.63) is 30.0 Å². The Morgan fingerprint density at radius 2 is 2.00 bits per heavy atom. The van der Waals surface area contributed by atoms with Crippen LogP contribution in [0.2, 0.25) is 0 Å². The van der Waals surface area contributed by atoms with Crippen molar-refractivity contribution in [3.63, 3.8) is 0 Å². The average Bonchev–Trinajstić information content (AvgIpc) is 2.90. The summed E-state index contributed by atoms with van der Waals surface area (Å²) in [6, 6.07) is 0. The molecular weight excluding hydrogens is 272 g/mol. The standard InChI is InChI=1S/C14H16N4O3/c1-9(19)17-4-2-10(3-5-17)11-7-18-8-12(14(20)21)16-13(18)6-15-11/h6-8,10H,2-5H2,1H3,(H,20,21). The van der Waals surface area contributed by atoms with E-state index >= 15 is 0 Å². The van der Waals surface area contributed by atoms with Crippen molar-refractivity contribution in [2.45, 2.75) is 25.7 Å². The second-order valence-electron chi connectivity index (χ2n) is 5.29. The number of hydrogen-bond donors (Lipinski definition) is 1. The summed E-state index contributed by atoms with van der Waals surface area (Å²) in [5.41, 5.74) is 1.46. The van der Waals surface area contributed by atoms with E-state index in [4.69, 9.17) is 5.11 Å². The van der Waals surface area contributed by atoms with E-state index in [0.29, 0.717) is 11.6 Å². The van der Waals surface area contributed by atoms with Crippen molar-refractivity contribution in [2.24, 2.45) is 0 Å². The van der Waals surface area contributed by atoms with Crippen molar-refractivity contribution in [3.8, 4) is 0 Å². The van der Waals surface area contributed by atoms with Gasteiger partial charge < -0.3 is 14.4 Å². The van der Waals surface area contributed by atoms with Gasteiger partial charge in [-0.2, -0.15) is 0 Å². The fraction of sp³-hybridized carbons (Fsp3) is 0.429. The van der Waals surface area contributed by atoms with Crippen LogP contribution in [0.25, 0.3) is 5.65 Å². The Balaban J connectivity index is 1.81. The minimum atomic E-state index is -1.05. The zero-order valence-corrected chi connectivity index (χ0v) is 11.7. The molecule has 110 valence electrons. The Morgan fingerprint density at radius 1 is 1.29 bits per heavy atom. The number of piperidine rings is 1. The molecule has 0 bridgehead atoms. The van der Waals surface area contributed by atoms with E-state index in [1.165, 1.54) is 6.20 Å². The number of carboxylic acids is 1. The number of aromatic carboxylic acids is 1. The average molecular weight is 288 g/mol. The van der Waals surface area contributed by atoms with Crippen LogP contribution >= 0.6 is 0 Å². The first-order chi connectivity index (χ1) is 10.0. The van der Waals surface area contributed by atoms with E-state index in [1.54, 1.807) is 17.5 Å². The fourth-order valence-electron chi connectivity index (χ4n) is 2.72. The van der Waals surface area contributed by atoms with Crippen LogP contribution in [0.4, 0.5) is 0 Å². The number of carbonyl (C=O) groups excluding carboxylic acids is 1. The van der Waals surface area contributed by atoms with Gasteiger partial charge in [-0.1, -0.05) is 0 Å². The Hall–Kier alpha value is -2.44. The number of hydrogen-bond acceptors (Lipinski definition) is 4. The molecule has 1 aliphatic rings. The smallest absolute Gasteiger partial charge is 0.356 e. The van der Waals surface area contributed by atoms with Gasteiger partial charge in [0.1, 0.15) is 0 Å². The van der Waals surface area contributed by atoms with Crippen LogP contribution in [0.15, 0.2) is 18.6 Å². The number of rotatable bonds is 2. The molecule has 2 aromatic rings. The second kappa shape index (κ2) is 5.16. The first-order valence-corrected chi connectivity index (χ1v) is 6.88. The van der Waals surface area contributed by atoms with Gasteiger partial charge in [-0.3, -0.25) is 9.78 Å². The number of carboxylic acid groups (broad SMARTS) is 1. The Labute approximate surface area is 121 Å². The first kappa shape index (κ1) is 13.5. The van der Waals surface area contributed by atoms with Crippen molar-refractivity contribution in [2.75, 3.05) is 13.1 Å². The Morgan fingerprint density at radius 3 is 2.62 bits per heavy atom. The van der Waals surface area contributed by atoms with Crippen LogP contribution in [0.1, 0.15) is 41.9 Å². The fourth-order valence-corrected chi connectivity index (χ4v) is 2.72. The number of nitrogens with zero attached hydrogens (tertiary/aromatic N) is 4. The maximum Gasteiger partial charge on any atom is 0.356 e. The van der Waals surface area contributed by atoms with E-state index in [9.17, 15) is 9.59 Å². The molecule has 1 fully saturated rings. The summed E-state index contributed by atoms with van der Waals surface area (Å²) in [5, 5.41) is 8.95. The monoisotopic (exact) mass is 288 g/mol. The molecule has 1 amide bonds. The second-order valence-corrected chi connectivity index (χ2v) is 5.29. The van der Waals surface area contributed by atoms with Gasteiger partial charge in [-0.25, -0.2) is 9.78 Å². The lowest BCUT2D eigenvalue weighted by molar-refractivity contribution is -0.129. The van der Waals surface area contributed by atoms with Gasteiger partial charge in [0, 0.05) is 38.3 Å². The highest BCUT2D eigenvalue weighted by molar-refractivity contribution is 5.86. The van der Waals surface area contributed by atoms with Crippen molar-refractivity contribution >= 4 is 17.5 Å². The number of aromatic nitrogens is 3. The van der Waals surface area contributed by atoms with Crippen molar-refractivity contribution in [1.29, 1.82) is 0 Å². The largest absolute Gasteiger partial charge is 0.476 e. The molecule has 3 rings (SSSR count). The Kier molecular flexibility index (Phi) is 3.32. The molecule has 0 unspecified atom stereocenters. The molecule has 2 aromatic heterocycles. The summed E-state index contributed by atoms with van der Waals surface area (Å²) >= 11 is 0. The predicted molar refractivity (Wildman–Crippen MR) is 74.2 cm³/mol. The van der Waals surface area contributed by atoms with Gasteiger partial charge in [0.15, 0.2) is 11.3 Å². The summed E-state index contributed by atoms with van der Waals surface area (Å²) in [7, 11) is 0. The third kappa shape index (κ3) is 2.58. The highest BCUT2D eigenvalue weighted by Gasteiger charge is 2.23. The van der Waals surface area contributed by atoms with Gasteiger partial charge in [-0.15, -0.1) is 0 Å². The van der Waals surface area contributed by atoms with Gasteiger partial charge >= 0.3 is 5.97 Å². The maximum atomic E-state index is 11.3. The number of imidazole rings is 1. The molecule has 0 spiro atoms. The van der Waals surface area contributed by atoms with E-state index in [-0.39, 0.29) is 11.6 Å². The third-order valence-corrected chi connectivity index (χ3v) is 3.94. The van der Waals surface area contributed by atoms with Crippen LogP contribution in [0.5, 0.6) is 0 Å². The molecule has 7 heteroatoms. The van der Waals surface area contributed by atoms with E-state index < -0.39 is 5.97 Å². The molecule has 0 aliphatic carbocycles. The lowest BCUT2D eigenvalue weighted by Gasteiger charge is -2.30. The summed E-state index contributed by atoms with van der Waals surface area (Å²) in [6.45, 7) is 3.07. The van der Waals surface area contributed by atoms with Gasteiger partial charge in [-0.05, 0) is 12.8 Å². The minimum absolute atomic E-state index is 0.0142. The summed E-state index contributed by atoms with van der Waals surface area (Å²) in [6.07, 6.45) is 6.67. The first-order valence-electron chi connectivity index (χ1n) is 6.88. The molecule has 0 aromatic carbocycles. The molecule has 1 saturated heterocycles. The third-order valence-electron chi connectivity index (χ3n) is 3.94. The highest BCUT2D eigenvalue weighted by atomic mass is 16.4. The predicted octanol–water partition coefficient (Wildman–Crippen LogP) is 1.15. The highest BCUT2D eigenvalue weighted by Crippen LogP contribution is 2.26. The number of amides is 1. The van der Waals surface area contributed by atoms with Crippen LogP contribution in [-0.2, 0) is 4.79 Å². The van der Waals surface area contributed by atoms with Crippen LogP contribution in [0, 0.1) is 0 Å². The molecule has 0 atom stereocenters. The lowest BCUT2D eigenvalue weighted by Crippen LogP contribution is -2.36. The molecular formula is C14H16N4O3. The molecule has 1 N–H and O–H groups in total. The number of likely N-dealkylation sites (tertiary alicyclic amines) is 1. The van der Waals surface area contributed by atoms with Crippen LogP contribution < -0.4 is 0 Å². The van der Waals surface area contributed by atoms with E-state index in [2.05, 4.69) is 9.97 Å². The van der Waals surface area contributed by atoms with Gasteiger partial charge in [0.25, 0.3) is 0 Å². The maximum absolute atomic E-state index is 11.3. The molecule has 0 saturated carbocycles. The normalized spacial score (nSPS) is 16.3. The minimum Gasteiger partial charge on any atom is -0.476 e. The lowest BCUT2D eigenvalue weighted by atomic mass is 9.94.